The molecule has 2 heterocycles. The van der Waals surface area contributed by atoms with Crippen LogP contribution >= 0.6 is 11.6 Å². The van der Waals surface area contributed by atoms with E-state index in [-0.39, 0.29) is 18.5 Å². The van der Waals surface area contributed by atoms with Gasteiger partial charge in [0.25, 0.3) is 11.8 Å². The highest BCUT2D eigenvalue weighted by molar-refractivity contribution is 6.30. The normalized spacial score (nSPS) is 10.4. The van der Waals surface area contributed by atoms with Crippen molar-refractivity contribution in [2.75, 3.05) is 11.9 Å². The van der Waals surface area contributed by atoms with Crippen LogP contribution in [0.2, 0.25) is 5.02 Å². The molecular weight excluding hydrogens is 312 g/mol. The maximum Gasteiger partial charge on any atom is 0.322 e. The summed E-state index contributed by atoms with van der Waals surface area (Å²) in [6.07, 6.45) is 1.44. The number of aromatic nitrogens is 3. The lowest BCUT2D eigenvalue weighted by Crippen LogP contribution is -2.20. The van der Waals surface area contributed by atoms with Crippen molar-refractivity contribution >= 4 is 23.5 Å². The van der Waals surface area contributed by atoms with Gasteiger partial charge in [-0.1, -0.05) is 21.9 Å². The lowest BCUT2D eigenvalue weighted by atomic mass is 10.3. The van der Waals surface area contributed by atoms with Gasteiger partial charge in [-0.2, -0.15) is 0 Å². The van der Waals surface area contributed by atoms with E-state index in [9.17, 15) is 4.79 Å². The number of halogens is 1. The molecule has 3 rings (SSSR count). The summed E-state index contributed by atoms with van der Waals surface area (Å²) in [7, 11) is 0. The van der Waals surface area contributed by atoms with Crippen LogP contribution in [0.3, 0.4) is 0 Å². The Bertz CT molecular complexity index is 755. The minimum absolute atomic E-state index is 0.0592. The lowest BCUT2D eigenvalue weighted by molar-refractivity contribution is -0.118. The van der Waals surface area contributed by atoms with Crippen LogP contribution in [0.5, 0.6) is 5.75 Å². The summed E-state index contributed by atoms with van der Waals surface area (Å²) in [6, 6.07) is 8.14. The predicted octanol–water partition coefficient (Wildman–Crippen LogP) is 2.40. The maximum absolute atomic E-state index is 11.7. The number of ether oxygens (including phenoxy) is 1. The van der Waals surface area contributed by atoms with Crippen molar-refractivity contribution in [3.05, 3.63) is 41.6 Å². The molecule has 1 N–H and O–H groups in total. The molecule has 1 amide bonds. The van der Waals surface area contributed by atoms with Crippen LogP contribution in [-0.4, -0.2) is 27.9 Å². The first-order chi connectivity index (χ1) is 10.7. The molecule has 0 bridgehead atoms. The highest BCUT2D eigenvalue weighted by atomic mass is 35.5. The number of rotatable bonds is 5. The van der Waals surface area contributed by atoms with E-state index in [1.807, 2.05) is 0 Å². The van der Waals surface area contributed by atoms with Gasteiger partial charge in [0.1, 0.15) is 5.75 Å². The Morgan fingerprint density at radius 3 is 2.77 bits per heavy atom. The average Bonchev–Trinajstić information content (AvgIpc) is 3.17. The molecule has 3 aromatic rings. The molecule has 0 radical (unpaired) electrons. The quantitative estimate of drug-likeness (QED) is 0.769. The molecule has 0 saturated heterocycles. The van der Waals surface area contributed by atoms with Gasteiger partial charge in [-0.15, -0.1) is 5.10 Å². The topological polar surface area (TPSA) is 103 Å². The van der Waals surface area contributed by atoms with Crippen molar-refractivity contribution in [1.82, 2.24) is 15.4 Å². The van der Waals surface area contributed by atoms with Crippen LogP contribution < -0.4 is 10.1 Å². The summed E-state index contributed by atoms with van der Waals surface area (Å²) in [5.41, 5.74) is 0. The molecule has 0 unspecified atom stereocenters. The number of benzene rings is 1. The van der Waals surface area contributed by atoms with Crippen molar-refractivity contribution in [2.45, 2.75) is 0 Å². The van der Waals surface area contributed by atoms with E-state index < -0.39 is 5.91 Å². The molecule has 9 heteroatoms. The molecule has 0 aliphatic carbocycles. The van der Waals surface area contributed by atoms with Crippen LogP contribution in [0.15, 0.2) is 45.5 Å². The largest absolute Gasteiger partial charge is 0.484 e. The molecule has 0 aliphatic heterocycles. The minimum atomic E-state index is -0.442. The minimum Gasteiger partial charge on any atom is -0.484 e. The Hall–Kier alpha value is -2.87. The number of amides is 1. The SMILES string of the molecule is O=C(COc1ccc(Cl)cc1)Nc1nnc(-c2ccno2)o1. The molecule has 0 fully saturated rings. The van der Waals surface area contributed by atoms with E-state index in [0.717, 1.165) is 0 Å². The van der Waals surface area contributed by atoms with Crippen molar-refractivity contribution in [2.24, 2.45) is 0 Å². The molecular formula is C13H9ClN4O4. The number of nitrogens with one attached hydrogen (secondary N) is 1. The van der Waals surface area contributed by atoms with Gasteiger partial charge < -0.3 is 13.7 Å². The molecule has 2 aromatic heterocycles. The van der Waals surface area contributed by atoms with E-state index in [1.165, 1.54) is 6.20 Å². The van der Waals surface area contributed by atoms with Gasteiger partial charge in [-0.25, -0.2) is 0 Å². The third-order valence-electron chi connectivity index (χ3n) is 2.50. The van der Waals surface area contributed by atoms with E-state index >= 15 is 0 Å². The van der Waals surface area contributed by atoms with Crippen LogP contribution in [-0.2, 0) is 4.79 Å². The smallest absolute Gasteiger partial charge is 0.322 e. The Morgan fingerprint density at radius 1 is 1.23 bits per heavy atom. The van der Waals surface area contributed by atoms with Gasteiger partial charge in [0.2, 0.25) is 5.76 Å². The van der Waals surface area contributed by atoms with E-state index in [4.69, 9.17) is 25.3 Å². The highest BCUT2D eigenvalue weighted by Crippen LogP contribution is 2.19. The lowest BCUT2D eigenvalue weighted by Gasteiger charge is -2.04. The van der Waals surface area contributed by atoms with Gasteiger partial charge in [0.15, 0.2) is 6.61 Å². The number of nitrogens with zero attached hydrogens (tertiary/aromatic N) is 3. The van der Waals surface area contributed by atoms with Gasteiger partial charge in [-0.05, 0) is 24.3 Å². The van der Waals surface area contributed by atoms with Crippen molar-refractivity contribution in [3.8, 4) is 17.4 Å². The molecule has 8 nitrogen and oxygen atoms in total. The summed E-state index contributed by atoms with van der Waals surface area (Å²) in [5.74, 6) is 0.506. The second-order valence-corrected chi connectivity index (χ2v) is 4.52. The summed E-state index contributed by atoms with van der Waals surface area (Å²) in [5, 5.41) is 13.9. The Morgan fingerprint density at radius 2 is 2.05 bits per heavy atom. The Kier molecular flexibility index (Phi) is 4.01. The number of carbonyl (C=O) groups is 1. The van der Waals surface area contributed by atoms with Gasteiger partial charge >= 0.3 is 6.01 Å². The zero-order valence-electron chi connectivity index (χ0n) is 11.0. The summed E-state index contributed by atoms with van der Waals surface area (Å²) in [6.45, 7) is -0.207. The molecule has 22 heavy (non-hydrogen) atoms. The molecule has 0 spiro atoms. The average molecular weight is 321 g/mol. The summed E-state index contributed by atoms with van der Waals surface area (Å²) >= 11 is 5.75. The zero-order valence-corrected chi connectivity index (χ0v) is 11.8. The number of anilines is 1. The van der Waals surface area contributed by atoms with Crippen LogP contribution in [0, 0.1) is 0 Å². The molecule has 0 atom stereocenters. The van der Waals surface area contributed by atoms with Crippen LogP contribution in [0.4, 0.5) is 6.01 Å². The van der Waals surface area contributed by atoms with Crippen molar-refractivity contribution in [1.29, 1.82) is 0 Å². The van der Waals surface area contributed by atoms with Crippen LogP contribution in [0.25, 0.3) is 11.7 Å². The van der Waals surface area contributed by atoms with E-state index in [2.05, 4.69) is 20.7 Å². The fraction of sp³-hybridized carbons (Fsp3) is 0.0769. The molecule has 0 aliphatic rings. The number of hydrogen-bond donors (Lipinski definition) is 1. The van der Waals surface area contributed by atoms with Gasteiger partial charge in [-0.3, -0.25) is 10.1 Å². The summed E-state index contributed by atoms with van der Waals surface area (Å²) in [4.78, 5) is 11.7. The first kappa shape index (κ1) is 14.1. The van der Waals surface area contributed by atoms with Crippen molar-refractivity contribution in [3.63, 3.8) is 0 Å². The number of hydrogen-bond acceptors (Lipinski definition) is 7. The van der Waals surface area contributed by atoms with E-state index in [1.54, 1.807) is 30.3 Å². The fourth-order valence-corrected chi connectivity index (χ4v) is 1.66. The fourth-order valence-electron chi connectivity index (χ4n) is 1.53. The zero-order chi connectivity index (χ0) is 15.4. The second-order valence-electron chi connectivity index (χ2n) is 4.08. The third-order valence-corrected chi connectivity index (χ3v) is 2.76. The second kappa shape index (κ2) is 6.27. The first-order valence-electron chi connectivity index (χ1n) is 6.13. The van der Waals surface area contributed by atoms with Crippen LogP contribution in [0.1, 0.15) is 0 Å². The summed E-state index contributed by atoms with van der Waals surface area (Å²) < 4.78 is 15.3. The number of carbonyl (C=O) groups excluding carboxylic acids is 1. The van der Waals surface area contributed by atoms with Gasteiger partial charge in [0.05, 0.1) is 6.20 Å². The maximum atomic E-state index is 11.7. The van der Waals surface area contributed by atoms with Gasteiger partial charge in [0, 0.05) is 11.1 Å². The Balaban J connectivity index is 1.54. The third kappa shape index (κ3) is 3.41. The Labute approximate surface area is 129 Å². The van der Waals surface area contributed by atoms with E-state index in [0.29, 0.717) is 16.5 Å². The van der Waals surface area contributed by atoms with Crippen molar-refractivity contribution < 1.29 is 18.5 Å². The highest BCUT2D eigenvalue weighted by Gasteiger charge is 2.14. The predicted molar refractivity (Wildman–Crippen MR) is 75.4 cm³/mol. The molecule has 0 saturated carbocycles. The standard InChI is InChI=1S/C13H9ClN4O4/c14-8-1-3-9(4-2-8)20-7-11(19)16-13-18-17-12(21-13)10-5-6-15-22-10/h1-6H,7H2,(H,16,18,19). The first-order valence-corrected chi connectivity index (χ1v) is 6.51. The molecule has 1 aromatic carbocycles. The molecule has 112 valence electrons. The monoisotopic (exact) mass is 320 g/mol.